The Morgan fingerprint density at radius 1 is 0.909 bits per heavy atom. The number of aliphatic hydroxyl groups excluding tert-OH is 6. The zero-order valence-electron chi connectivity index (χ0n) is 23.4. The Balaban J connectivity index is 1.37. The molecule has 0 bridgehead atoms. The SMILES string of the molecule is Cc1nc2c(ncn2[C@@H]2O[C@H](COSOOO)[C@H](OC3OC(C)[C@@H](O)[C@H](OC4OC(C)[C@@H](O)[C@H](O)[C@H]4O)[C@H]3O)C2O)c(=O)[nH]1. The highest BCUT2D eigenvalue weighted by Crippen LogP contribution is 2.37. The third-order valence-electron chi connectivity index (χ3n) is 7.65. The van der Waals surface area contributed by atoms with E-state index in [0.717, 1.165) is 0 Å². The van der Waals surface area contributed by atoms with Crippen LogP contribution in [0.5, 0.6) is 0 Å². The molecule has 0 saturated carbocycles. The molecule has 2 aromatic rings. The van der Waals surface area contributed by atoms with Crippen LogP contribution in [0.1, 0.15) is 25.9 Å². The first-order valence-corrected chi connectivity index (χ1v) is 14.1. The fourth-order valence-electron chi connectivity index (χ4n) is 5.31. The van der Waals surface area contributed by atoms with E-state index in [2.05, 4.69) is 24.3 Å². The monoisotopic (exact) mass is 654 g/mol. The summed E-state index contributed by atoms with van der Waals surface area (Å²) in [5.74, 6) is 0.280. The van der Waals surface area contributed by atoms with E-state index in [-0.39, 0.29) is 35.9 Å². The molecule has 0 radical (unpaired) electrons. The molecule has 8 N–H and O–H groups in total. The molecule has 3 aliphatic rings. The summed E-state index contributed by atoms with van der Waals surface area (Å²) in [7, 11) is 0. The number of hydrogen-bond acceptors (Lipinski definition) is 19. The molecule has 5 unspecified atom stereocenters. The highest BCUT2D eigenvalue weighted by molar-refractivity contribution is 7.89. The maximum Gasteiger partial charge on any atom is 0.279 e. The first kappa shape index (κ1) is 33.5. The Morgan fingerprint density at radius 3 is 2.27 bits per heavy atom. The first-order chi connectivity index (χ1) is 20.9. The number of hydrogen-bond donors (Lipinski definition) is 8. The molecule has 0 aliphatic carbocycles. The van der Waals surface area contributed by atoms with Crippen LogP contribution in [-0.4, -0.2) is 142 Å². The van der Waals surface area contributed by atoms with Crippen molar-refractivity contribution in [3.8, 4) is 0 Å². The third kappa shape index (κ3) is 6.50. The van der Waals surface area contributed by atoms with Gasteiger partial charge in [-0.15, -0.1) is 4.33 Å². The van der Waals surface area contributed by atoms with Crippen molar-refractivity contribution in [1.82, 2.24) is 19.5 Å². The number of nitrogens with zero attached hydrogens (tertiary/aromatic N) is 3. The molecule has 248 valence electrons. The number of aryl methyl sites for hydroxylation is 1. The second-order valence-corrected chi connectivity index (χ2v) is 11.1. The zero-order chi connectivity index (χ0) is 31.9. The Labute approximate surface area is 252 Å². The van der Waals surface area contributed by atoms with E-state index in [0.29, 0.717) is 0 Å². The van der Waals surface area contributed by atoms with Gasteiger partial charge >= 0.3 is 0 Å². The summed E-state index contributed by atoms with van der Waals surface area (Å²) in [4.78, 5) is 23.2. The van der Waals surface area contributed by atoms with Gasteiger partial charge in [-0.1, -0.05) is 5.04 Å². The van der Waals surface area contributed by atoms with Gasteiger partial charge in [0.25, 0.3) is 5.56 Å². The molecule has 44 heavy (non-hydrogen) atoms. The van der Waals surface area contributed by atoms with Gasteiger partial charge in [0.15, 0.2) is 42.3 Å². The zero-order valence-corrected chi connectivity index (χ0v) is 24.2. The molecule has 0 amide bonds. The normalized spacial score (nSPS) is 41.4. The summed E-state index contributed by atoms with van der Waals surface area (Å²) in [5, 5.41) is 75.7. The number of aliphatic hydroxyl groups is 6. The van der Waals surface area contributed by atoms with Crippen LogP contribution in [-0.2, 0) is 37.2 Å². The van der Waals surface area contributed by atoms with Crippen LogP contribution in [0.2, 0.25) is 0 Å². The number of aromatic nitrogens is 4. The largest absolute Gasteiger partial charge is 0.388 e. The second kappa shape index (κ2) is 13.8. The lowest BCUT2D eigenvalue weighted by Gasteiger charge is -2.46. The standard InChI is InChI=1S/C23H34N4O16S/c1-6-11(28)13(30)14(31)22(37-6)41-18-12(29)7(2)38-23(16(18)33)40-17-9(4-36-44-43-42-35)39-21(15(17)32)27-5-24-10-19(27)25-8(3)26-20(10)34/h5-7,9,11-18,21-23,28-33,35H,4H2,1-3H3,(H,25,26,34)/t6?,7?,9-,11-,12-,13+,14-,15?,16-,17+,18+,21-,22?,23?/m1/s1. The molecule has 3 saturated heterocycles. The minimum absolute atomic E-state index is 0.0134. The Hall–Kier alpha value is -1.90. The van der Waals surface area contributed by atoms with Gasteiger partial charge in [0.2, 0.25) is 0 Å². The number of H-pyrrole nitrogens is 1. The lowest BCUT2D eigenvalue weighted by molar-refractivity contribution is -0.434. The lowest BCUT2D eigenvalue weighted by Crippen LogP contribution is -2.64. The summed E-state index contributed by atoms with van der Waals surface area (Å²) in [5.41, 5.74) is -0.418. The summed E-state index contributed by atoms with van der Waals surface area (Å²) in [6.45, 7) is 4.12. The fourth-order valence-corrected chi connectivity index (χ4v) is 5.56. The Morgan fingerprint density at radius 2 is 1.57 bits per heavy atom. The van der Waals surface area contributed by atoms with Crippen molar-refractivity contribution in [2.75, 3.05) is 6.61 Å². The van der Waals surface area contributed by atoms with E-state index in [9.17, 15) is 35.4 Å². The van der Waals surface area contributed by atoms with Gasteiger partial charge in [0, 0.05) is 0 Å². The summed E-state index contributed by atoms with van der Waals surface area (Å²) in [6, 6.07) is 0. The summed E-state index contributed by atoms with van der Waals surface area (Å²) < 4.78 is 39.5. The highest BCUT2D eigenvalue weighted by Gasteiger charge is 2.53. The number of ether oxygens (including phenoxy) is 5. The smallest absolute Gasteiger partial charge is 0.279 e. The number of rotatable bonds is 10. The minimum Gasteiger partial charge on any atom is -0.388 e. The molecule has 3 fully saturated rings. The Bertz CT molecular complexity index is 1320. The quantitative estimate of drug-likeness (QED) is 0.0540. The molecule has 20 nitrogen and oxygen atoms in total. The van der Waals surface area contributed by atoms with Gasteiger partial charge in [-0.2, -0.15) is 0 Å². The summed E-state index contributed by atoms with van der Waals surface area (Å²) in [6.07, 6.45) is -18.5. The van der Waals surface area contributed by atoms with E-state index in [1.165, 1.54) is 24.7 Å². The van der Waals surface area contributed by atoms with E-state index >= 15 is 0 Å². The Kier molecular flexibility index (Phi) is 10.5. The van der Waals surface area contributed by atoms with Gasteiger partial charge in [-0.3, -0.25) is 13.5 Å². The maximum atomic E-state index is 12.3. The molecule has 2 aromatic heterocycles. The average Bonchev–Trinajstić information content (AvgIpc) is 3.54. The molecule has 0 spiro atoms. The van der Waals surface area contributed by atoms with Gasteiger partial charge in [0.05, 0.1) is 25.1 Å². The van der Waals surface area contributed by atoms with Crippen molar-refractivity contribution in [3.05, 3.63) is 22.5 Å². The van der Waals surface area contributed by atoms with Crippen LogP contribution in [0, 0.1) is 6.92 Å². The number of aromatic amines is 1. The lowest BCUT2D eigenvalue weighted by atomic mass is 9.97. The van der Waals surface area contributed by atoms with Crippen LogP contribution in [0.4, 0.5) is 0 Å². The van der Waals surface area contributed by atoms with Gasteiger partial charge in [-0.05, 0) is 20.8 Å². The predicted molar refractivity (Wildman–Crippen MR) is 140 cm³/mol. The van der Waals surface area contributed by atoms with Gasteiger partial charge in [-0.25, -0.2) is 15.2 Å². The van der Waals surface area contributed by atoms with Crippen molar-refractivity contribution in [3.63, 3.8) is 0 Å². The molecular formula is C23H34N4O16S. The number of nitrogens with one attached hydrogen (secondary N) is 1. The third-order valence-corrected chi connectivity index (χ3v) is 7.99. The second-order valence-electron chi connectivity index (χ2n) is 10.6. The average molecular weight is 655 g/mol. The van der Waals surface area contributed by atoms with Crippen molar-refractivity contribution >= 4 is 23.5 Å². The molecular weight excluding hydrogens is 620 g/mol. The predicted octanol–water partition coefficient (Wildman–Crippen LogP) is -3.25. The van der Waals surface area contributed by atoms with Crippen LogP contribution >= 0.6 is 12.3 Å². The van der Waals surface area contributed by atoms with Crippen LogP contribution in [0.3, 0.4) is 0 Å². The fraction of sp³-hybridized carbons (Fsp3) is 0.783. The van der Waals surface area contributed by atoms with Crippen LogP contribution in [0.15, 0.2) is 11.1 Å². The van der Waals surface area contributed by atoms with Crippen molar-refractivity contribution in [1.29, 1.82) is 0 Å². The number of fused-ring (bicyclic) bond motifs is 1. The van der Waals surface area contributed by atoms with Crippen molar-refractivity contribution in [2.24, 2.45) is 0 Å². The molecule has 3 aliphatic heterocycles. The topological polar surface area (TPSA) is 279 Å². The van der Waals surface area contributed by atoms with E-state index in [1.54, 1.807) is 6.92 Å². The maximum absolute atomic E-state index is 12.3. The summed E-state index contributed by atoms with van der Waals surface area (Å²) >= 11 is 0.240. The van der Waals surface area contributed by atoms with Crippen molar-refractivity contribution < 1.29 is 73.1 Å². The van der Waals surface area contributed by atoms with Gasteiger partial charge in [0.1, 0.15) is 60.8 Å². The van der Waals surface area contributed by atoms with E-state index in [1.807, 2.05) is 0 Å². The molecule has 5 heterocycles. The van der Waals surface area contributed by atoms with Crippen molar-refractivity contribution in [2.45, 2.75) is 107 Å². The number of imidazole rings is 1. The molecule has 21 heteroatoms. The first-order valence-electron chi connectivity index (χ1n) is 13.5. The van der Waals surface area contributed by atoms with E-state index < -0.39 is 91.5 Å². The van der Waals surface area contributed by atoms with E-state index in [4.69, 9.17) is 33.1 Å². The highest BCUT2D eigenvalue weighted by atomic mass is 32.2. The van der Waals surface area contributed by atoms with Crippen LogP contribution in [0.25, 0.3) is 11.2 Å². The molecule has 0 aromatic carbocycles. The van der Waals surface area contributed by atoms with Gasteiger partial charge < -0.3 is 59.3 Å². The molecule has 14 atom stereocenters. The minimum atomic E-state index is -1.75. The van der Waals surface area contributed by atoms with Crippen LogP contribution < -0.4 is 5.56 Å². The molecule has 5 rings (SSSR count).